The highest BCUT2D eigenvalue weighted by Crippen LogP contribution is 2.51. The molecule has 1 aromatic carbocycles. The number of phenols is 1. The number of aromatic hydroxyl groups is 1. The topological polar surface area (TPSA) is 20.2 Å². The van der Waals surface area contributed by atoms with Gasteiger partial charge in [-0.1, -0.05) is 24.3 Å². The Bertz CT molecular complexity index is 425. The first-order valence-electron chi connectivity index (χ1n) is 5.40. The van der Waals surface area contributed by atoms with Crippen LogP contribution in [0.15, 0.2) is 30.4 Å². The molecule has 1 N–H and O–H groups in total. The van der Waals surface area contributed by atoms with Gasteiger partial charge >= 0.3 is 0 Å². The maximum Gasteiger partial charge on any atom is 0.119 e. The van der Waals surface area contributed by atoms with Crippen molar-refractivity contribution in [2.75, 3.05) is 0 Å². The van der Waals surface area contributed by atoms with Crippen LogP contribution in [0.2, 0.25) is 0 Å². The molecule has 2 bridgehead atoms. The van der Waals surface area contributed by atoms with Crippen LogP contribution < -0.4 is 0 Å². The number of hydrogen-bond acceptors (Lipinski definition) is 1. The van der Waals surface area contributed by atoms with Gasteiger partial charge in [0.25, 0.3) is 0 Å². The average Bonchev–Trinajstić information content (AvgIpc) is 2.26. The highest BCUT2D eigenvalue weighted by atomic mass is 35.5. The van der Waals surface area contributed by atoms with Gasteiger partial charge in [-0.3, -0.25) is 0 Å². The quantitative estimate of drug-likeness (QED) is 0.522. The standard InChI is InChI=1S/C13H13ClO/c14-13-9-4-1-3-8(7-9)12-10(13)5-2-6-11(12)15/h1-2,4-6,8-9,13,15H,3,7H2. The fourth-order valence-corrected chi connectivity index (χ4v) is 3.24. The fraction of sp³-hybridized carbons (Fsp3) is 0.385. The van der Waals surface area contributed by atoms with Crippen molar-refractivity contribution in [1.29, 1.82) is 0 Å². The summed E-state index contributed by atoms with van der Waals surface area (Å²) < 4.78 is 0. The molecule has 2 aliphatic rings. The maximum absolute atomic E-state index is 9.90. The Morgan fingerprint density at radius 2 is 2.20 bits per heavy atom. The Morgan fingerprint density at radius 3 is 3.07 bits per heavy atom. The number of allylic oxidation sites excluding steroid dienone is 2. The molecule has 78 valence electrons. The Balaban J connectivity index is 2.19. The SMILES string of the molecule is Oc1cccc2c1C1CC=CC(C1)C2Cl. The normalized spacial score (nSPS) is 32.5. The molecule has 15 heavy (non-hydrogen) atoms. The second-order valence-corrected chi connectivity index (χ2v) is 4.91. The predicted octanol–water partition coefficient (Wildman–Crippen LogP) is 3.74. The Labute approximate surface area is 94.4 Å². The van der Waals surface area contributed by atoms with Crippen molar-refractivity contribution in [3.63, 3.8) is 0 Å². The van der Waals surface area contributed by atoms with Crippen molar-refractivity contribution in [3.8, 4) is 5.75 Å². The van der Waals surface area contributed by atoms with Crippen molar-refractivity contribution in [1.82, 2.24) is 0 Å². The third-order valence-corrected chi connectivity index (χ3v) is 4.12. The lowest BCUT2D eigenvalue weighted by Crippen LogP contribution is -2.22. The van der Waals surface area contributed by atoms with E-state index >= 15 is 0 Å². The fourth-order valence-electron chi connectivity index (χ4n) is 2.86. The lowest BCUT2D eigenvalue weighted by molar-refractivity contribution is 0.405. The number of phenolic OH excluding ortho intramolecular Hbond substituents is 1. The van der Waals surface area contributed by atoms with Crippen LogP contribution >= 0.6 is 11.6 Å². The van der Waals surface area contributed by atoms with Crippen LogP contribution in [-0.2, 0) is 0 Å². The van der Waals surface area contributed by atoms with Gasteiger partial charge in [-0.05, 0) is 36.3 Å². The molecular weight excluding hydrogens is 208 g/mol. The van der Waals surface area contributed by atoms with E-state index in [1.165, 1.54) is 0 Å². The highest BCUT2D eigenvalue weighted by Gasteiger charge is 2.35. The molecule has 2 aliphatic carbocycles. The molecule has 0 saturated heterocycles. The first-order chi connectivity index (χ1) is 7.27. The van der Waals surface area contributed by atoms with E-state index in [-0.39, 0.29) is 5.38 Å². The van der Waals surface area contributed by atoms with E-state index in [9.17, 15) is 5.11 Å². The molecule has 0 radical (unpaired) electrons. The first kappa shape index (κ1) is 9.29. The van der Waals surface area contributed by atoms with Gasteiger partial charge in [-0.25, -0.2) is 0 Å². The molecule has 0 saturated carbocycles. The van der Waals surface area contributed by atoms with Crippen molar-refractivity contribution >= 4 is 11.6 Å². The van der Waals surface area contributed by atoms with Crippen LogP contribution in [0.1, 0.15) is 35.3 Å². The van der Waals surface area contributed by atoms with E-state index in [1.807, 2.05) is 12.1 Å². The molecule has 1 aromatic rings. The molecule has 0 heterocycles. The number of fused-ring (bicyclic) bond motifs is 4. The van der Waals surface area contributed by atoms with Gasteiger partial charge in [0.15, 0.2) is 0 Å². The number of benzene rings is 1. The van der Waals surface area contributed by atoms with E-state index in [1.54, 1.807) is 6.07 Å². The largest absolute Gasteiger partial charge is 0.508 e. The highest BCUT2D eigenvalue weighted by molar-refractivity contribution is 6.21. The first-order valence-corrected chi connectivity index (χ1v) is 5.83. The zero-order valence-corrected chi connectivity index (χ0v) is 9.11. The summed E-state index contributed by atoms with van der Waals surface area (Å²) in [7, 11) is 0. The molecular formula is C13H13ClO. The summed E-state index contributed by atoms with van der Waals surface area (Å²) in [5.41, 5.74) is 2.21. The second kappa shape index (κ2) is 3.28. The smallest absolute Gasteiger partial charge is 0.119 e. The molecule has 0 fully saturated rings. The van der Waals surface area contributed by atoms with Crippen LogP contribution in [0, 0.1) is 5.92 Å². The molecule has 2 heteroatoms. The molecule has 0 spiro atoms. The van der Waals surface area contributed by atoms with E-state index in [2.05, 4.69) is 12.2 Å². The minimum absolute atomic E-state index is 0.0277. The van der Waals surface area contributed by atoms with E-state index in [4.69, 9.17) is 11.6 Å². The minimum atomic E-state index is 0.0277. The molecule has 0 amide bonds. The summed E-state index contributed by atoms with van der Waals surface area (Å²) >= 11 is 6.42. The zero-order chi connectivity index (χ0) is 10.4. The van der Waals surface area contributed by atoms with Gasteiger partial charge in [0.05, 0.1) is 5.38 Å². The van der Waals surface area contributed by atoms with Gasteiger partial charge < -0.3 is 5.11 Å². The van der Waals surface area contributed by atoms with Crippen LogP contribution in [-0.4, -0.2) is 5.11 Å². The van der Waals surface area contributed by atoms with E-state index in [0.717, 1.165) is 24.0 Å². The molecule has 3 rings (SSSR count). The molecule has 1 nitrogen and oxygen atoms in total. The summed E-state index contributed by atoms with van der Waals surface area (Å²) in [6.45, 7) is 0. The summed E-state index contributed by atoms with van der Waals surface area (Å²) in [6, 6.07) is 5.69. The third-order valence-electron chi connectivity index (χ3n) is 3.56. The minimum Gasteiger partial charge on any atom is -0.508 e. The van der Waals surface area contributed by atoms with Crippen LogP contribution in [0.5, 0.6) is 5.75 Å². The Kier molecular flexibility index (Phi) is 2.03. The predicted molar refractivity (Wildman–Crippen MR) is 61.3 cm³/mol. The summed E-state index contributed by atoms with van der Waals surface area (Å²) in [5.74, 6) is 1.32. The monoisotopic (exact) mass is 220 g/mol. The molecule has 3 unspecified atom stereocenters. The zero-order valence-electron chi connectivity index (χ0n) is 8.36. The van der Waals surface area contributed by atoms with Crippen LogP contribution in [0.4, 0.5) is 0 Å². The second-order valence-electron chi connectivity index (χ2n) is 4.44. The van der Waals surface area contributed by atoms with Gasteiger partial charge in [0.1, 0.15) is 5.75 Å². The third kappa shape index (κ3) is 1.30. The number of rotatable bonds is 0. The summed E-state index contributed by atoms with van der Waals surface area (Å²) in [4.78, 5) is 0. The molecule has 0 aliphatic heterocycles. The van der Waals surface area contributed by atoms with Crippen molar-refractivity contribution < 1.29 is 5.11 Å². The van der Waals surface area contributed by atoms with Gasteiger partial charge in [-0.15, -0.1) is 11.6 Å². The molecule has 3 atom stereocenters. The number of halogens is 1. The Hall–Kier alpha value is -0.950. The van der Waals surface area contributed by atoms with Gasteiger partial charge in [0.2, 0.25) is 0 Å². The van der Waals surface area contributed by atoms with Crippen molar-refractivity contribution in [3.05, 3.63) is 41.5 Å². The summed E-state index contributed by atoms with van der Waals surface area (Å²) in [5, 5.41) is 9.93. The van der Waals surface area contributed by atoms with Gasteiger partial charge in [0, 0.05) is 5.56 Å². The van der Waals surface area contributed by atoms with Crippen LogP contribution in [0.25, 0.3) is 0 Å². The van der Waals surface area contributed by atoms with Gasteiger partial charge in [-0.2, -0.15) is 0 Å². The molecule has 0 aromatic heterocycles. The summed E-state index contributed by atoms with van der Waals surface area (Å²) in [6.07, 6.45) is 6.53. The number of hydrogen-bond donors (Lipinski definition) is 1. The lowest BCUT2D eigenvalue weighted by Gasteiger charge is -2.36. The van der Waals surface area contributed by atoms with E-state index < -0.39 is 0 Å². The van der Waals surface area contributed by atoms with E-state index in [0.29, 0.717) is 17.6 Å². The van der Waals surface area contributed by atoms with Crippen molar-refractivity contribution in [2.24, 2.45) is 5.92 Å². The maximum atomic E-state index is 9.90. The Morgan fingerprint density at radius 1 is 1.33 bits per heavy atom. The van der Waals surface area contributed by atoms with Crippen molar-refractivity contribution in [2.45, 2.75) is 24.1 Å². The lowest BCUT2D eigenvalue weighted by atomic mass is 9.72. The number of alkyl halides is 1. The average molecular weight is 221 g/mol. The van der Waals surface area contributed by atoms with Crippen LogP contribution in [0.3, 0.4) is 0 Å².